The Labute approximate surface area is 163 Å². The molecule has 0 unspecified atom stereocenters. The molecule has 28 heavy (non-hydrogen) atoms. The highest BCUT2D eigenvalue weighted by molar-refractivity contribution is 5.99. The molecule has 2 aliphatic rings. The SMILES string of the molecule is COc1cc2c(cc1OC)CN(C(=O)c1nc(C3CC3)n3ccccc13)CC2. The van der Waals surface area contributed by atoms with E-state index in [0.29, 0.717) is 30.5 Å². The number of hydrogen-bond donors (Lipinski definition) is 0. The second-order valence-corrected chi connectivity index (χ2v) is 7.50. The average molecular weight is 377 g/mol. The van der Waals surface area contributed by atoms with Gasteiger partial charge in [0.15, 0.2) is 17.2 Å². The van der Waals surface area contributed by atoms with Crippen molar-refractivity contribution in [1.82, 2.24) is 14.3 Å². The van der Waals surface area contributed by atoms with Crippen molar-refractivity contribution in [3.05, 3.63) is 59.2 Å². The van der Waals surface area contributed by atoms with Crippen molar-refractivity contribution in [2.75, 3.05) is 20.8 Å². The van der Waals surface area contributed by atoms with E-state index in [2.05, 4.69) is 4.40 Å². The van der Waals surface area contributed by atoms with Crippen LogP contribution in [0.5, 0.6) is 11.5 Å². The zero-order chi connectivity index (χ0) is 19.3. The van der Waals surface area contributed by atoms with Crippen LogP contribution in [0.4, 0.5) is 0 Å². The molecule has 1 aliphatic heterocycles. The fraction of sp³-hybridized carbons (Fsp3) is 0.364. The highest BCUT2D eigenvalue weighted by Gasteiger charge is 2.32. The summed E-state index contributed by atoms with van der Waals surface area (Å²) in [7, 11) is 3.27. The van der Waals surface area contributed by atoms with E-state index in [-0.39, 0.29) is 5.91 Å². The van der Waals surface area contributed by atoms with E-state index < -0.39 is 0 Å². The van der Waals surface area contributed by atoms with Crippen molar-refractivity contribution in [3.8, 4) is 11.5 Å². The van der Waals surface area contributed by atoms with Crippen LogP contribution < -0.4 is 9.47 Å². The number of carbonyl (C=O) groups is 1. The third kappa shape index (κ3) is 2.71. The Morgan fingerprint density at radius 2 is 1.86 bits per heavy atom. The minimum Gasteiger partial charge on any atom is -0.493 e. The van der Waals surface area contributed by atoms with Gasteiger partial charge in [-0.25, -0.2) is 4.98 Å². The van der Waals surface area contributed by atoms with Crippen molar-refractivity contribution < 1.29 is 14.3 Å². The number of fused-ring (bicyclic) bond motifs is 2. The maximum absolute atomic E-state index is 13.4. The molecule has 1 amide bonds. The van der Waals surface area contributed by atoms with Crippen LogP contribution in [-0.4, -0.2) is 41.0 Å². The quantitative estimate of drug-likeness (QED) is 0.699. The summed E-state index contributed by atoms with van der Waals surface area (Å²) in [5.74, 6) is 2.92. The third-order valence-electron chi connectivity index (χ3n) is 5.73. The highest BCUT2D eigenvalue weighted by atomic mass is 16.5. The molecule has 6 nitrogen and oxygen atoms in total. The normalized spacial score (nSPS) is 16.1. The predicted octanol–water partition coefficient (Wildman–Crippen LogP) is 3.43. The van der Waals surface area contributed by atoms with E-state index in [1.807, 2.05) is 41.4 Å². The maximum Gasteiger partial charge on any atom is 0.275 e. The molecule has 3 heterocycles. The summed E-state index contributed by atoms with van der Waals surface area (Å²) in [6, 6.07) is 9.94. The molecule has 0 saturated heterocycles. The van der Waals surface area contributed by atoms with Crippen molar-refractivity contribution in [2.24, 2.45) is 0 Å². The molecule has 6 heteroatoms. The molecule has 5 rings (SSSR count). The zero-order valence-corrected chi connectivity index (χ0v) is 16.1. The topological polar surface area (TPSA) is 56.1 Å². The van der Waals surface area contributed by atoms with E-state index in [9.17, 15) is 4.79 Å². The van der Waals surface area contributed by atoms with Gasteiger partial charge in [-0.1, -0.05) is 6.07 Å². The summed E-state index contributed by atoms with van der Waals surface area (Å²) in [6.45, 7) is 1.23. The number of methoxy groups -OCH3 is 2. The number of imidazole rings is 1. The van der Waals surface area contributed by atoms with E-state index in [4.69, 9.17) is 14.5 Å². The van der Waals surface area contributed by atoms with Crippen LogP contribution in [0.3, 0.4) is 0 Å². The lowest BCUT2D eigenvalue weighted by Crippen LogP contribution is -2.36. The van der Waals surface area contributed by atoms with Gasteiger partial charge >= 0.3 is 0 Å². The molecule has 0 spiro atoms. The fourth-order valence-electron chi connectivity index (χ4n) is 4.05. The van der Waals surface area contributed by atoms with Crippen LogP contribution in [0, 0.1) is 0 Å². The Bertz CT molecular complexity index is 1070. The molecule has 1 aliphatic carbocycles. The van der Waals surface area contributed by atoms with E-state index in [1.54, 1.807) is 14.2 Å². The maximum atomic E-state index is 13.4. The second kappa shape index (κ2) is 6.55. The molecular formula is C22H23N3O3. The van der Waals surface area contributed by atoms with Gasteiger partial charge in [-0.15, -0.1) is 0 Å². The third-order valence-corrected chi connectivity index (χ3v) is 5.73. The summed E-state index contributed by atoms with van der Waals surface area (Å²) in [5.41, 5.74) is 3.76. The number of hydrogen-bond acceptors (Lipinski definition) is 4. The first-order valence-corrected chi connectivity index (χ1v) is 9.69. The van der Waals surface area contributed by atoms with Gasteiger partial charge in [-0.3, -0.25) is 4.79 Å². The van der Waals surface area contributed by atoms with Crippen molar-refractivity contribution >= 4 is 11.4 Å². The Balaban J connectivity index is 1.48. The van der Waals surface area contributed by atoms with Crippen LogP contribution in [0.25, 0.3) is 5.52 Å². The van der Waals surface area contributed by atoms with Crippen molar-refractivity contribution in [3.63, 3.8) is 0 Å². The first kappa shape index (κ1) is 17.1. The summed E-state index contributed by atoms with van der Waals surface area (Å²) in [5, 5.41) is 0. The molecule has 1 fully saturated rings. The van der Waals surface area contributed by atoms with Gasteiger partial charge in [0.2, 0.25) is 0 Å². The Kier molecular flexibility index (Phi) is 4.00. The molecule has 0 radical (unpaired) electrons. The number of amides is 1. The number of pyridine rings is 1. The van der Waals surface area contributed by atoms with Crippen molar-refractivity contribution in [1.29, 1.82) is 0 Å². The van der Waals surface area contributed by atoms with Crippen LogP contribution in [0.2, 0.25) is 0 Å². The second-order valence-electron chi connectivity index (χ2n) is 7.50. The molecule has 0 bridgehead atoms. The lowest BCUT2D eigenvalue weighted by Gasteiger charge is -2.29. The minimum atomic E-state index is -0.00367. The van der Waals surface area contributed by atoms with Gasteiger partial charge in [0.05, 0.1) is 19.7 Å². The molecule has 0 N–H and O–H groups in total. The number of ether oxygens (including phenoxy) is 2. The molecular weight excluding hydrogens is 354 g/mol. The Hall–Kier alpha value is -3.02. The summed E-state index contributed by atoms with van der Waals surface area (Å²) >= 11 is 0. The summed E-state index contributed by atoms with van der Waals surface area (Å²) < 4.78 is 12.9. The molecule has 1 saturated carbocycles. The molecule has 144 valence electrons. The van der Waals surface area contributed by atoms with Gasteiger partial charge in [0, 0.05) is 25.2 Å². The predicted molar refractivity (Wildman–Crippen MR) is 105 cm³/mol. The van der Waals surface area contributed by atoms with Crippen LogP contribution in [0.15, 0.2) is 36.5 Å². The van der Waals surface area contributed by atoms with Gasteiger partial charge < -0.3 is 18.8 Å². The van der Waals surface area contributed by atoms with Gasteiger partial charge in [0.1, 0.15) is 5.82 Å². The monoisotopic (exact) mass is 377 g/mol. The van der Waals surface area contributed by atoms with Crippen molar-refractivity contribution in [2.45, 2.75) is 31.7 Å². The van der Waals surface area contributed by atoms with E-state index in [0.717, 1.165) is 41.9 Å². The number of carbonyl (C=O) groups excluding carboxylic acids is 1. The Morgan fingerprint density at radius 1 is 1.11 bits per heavy atom. The number of rotatable bonds is 4. The molecule has 1 aromatic carbocycles. The van der Waals surface area contributed by atoms with Crippen LogP contribution in [-0.2, 0) is 13.0 Å². The van der Waals surface area contributed by atoms with Gasteiger partial charge in [-0.2, -0.15) is 0 Å². The van der Waals surface area contributed by atoms with E-state index in [1.165, 1.54) is 5.56 Å². The Morgan fingerprint density at radius 3 is 2.57 bits per heavy atom. The first-order valence-electron chi connectivity index (χ1n) is 9.69. The van der Waals surface area contributed by atoms with Crippen LogP contribution in [0.1, 0.15) is 46.2 Å². The summed E-state index contributed by atoms with van der Waals surface area (Å²) in [6.07, 6.45) is 5.11. The standard InChI is InChI=1S/C22H23N3O3/c1-27-18-11-15-8-10-24(13-16(15)12-19(18)28-2)22(26)20-17-5-3-4-9-25(17)21(23-20)14-6-7-14/h3-5,9,11-12,14H,6-8,10,13H2,1-2H3. The smallest absolute Gasteiger partial charge is 0.275 e. The largest absolute Gasteiger partial charge is 0.493 e. The lowest BCUT2D eigenvalue weighted by molar-refractivity contribution is 0.0731. The minimum absolute atomic E-state index is 0.00367. The molecule has 2 aromatic heterocycles. The number of aromatic nitrogens is 2. The average Bonchev–Trinajstić information content (AvgIpc) is 3.52. The highest BCUT2D eigenvalue weighted by Crippen LogP contribution is 2.40. The first-order chi connectivity index (χ1) is 13.7. The molecule has 0 atom stereocenters. The number of benzene rings is 1. The van der Waals surface area contributed by atoms with Gasteiger partial charge in [-0.05, 0) is 54.7 Å². The number of nitrogens with zero attached hydrogens (tertiary/aromatic N) is 3. The fourth-order valence-corrected chi connectivity index (χ4v) is 4.05. The lowest BCUT2D eigenvalue weighted by atomic mass is 9.98. The van der Waals surface area contributed by atoms with E-state index >= 15 is 0 Å². The summed E-state index contributed by atoms with van der Waals surface area (Å²) in [4.78, 5) is 20.0. The molecule has 3 aromatic rings. The van der Waals surface area contributed by atoms with Gasteiger partial charge in [0.25, 0.3) is 5.91 Å². The zero-order valence-electron chi connectivity index (χ0n) is 16.1. The van der Waals surface area contributed by atoms with Crippen LogP contribution >= 0.6 is 0 Å².